The second kappa shape index (κ2) is 6.41. The summed E-state index contributed by atoms with van der Waals surface area (Å²) in [4.78, 5) is 1.16. The highest BCUT2D eigenvalue weighted by Gasteiger charge is 2.07. The highest BCUT2D eigenvalue weighted by atomic mass is 35.5. The fraction of sp³-hybridized carbons (Fsp3) is 0.500. The van der Waals surface area contributed by atoms with E-state index in [2.05, 4.69) is 32.2 Å². The molecule has 0 aliphatic carbocycles. The molecule has 0 fully saturated rings. The molecule has 1 atom stereocenters. The molecule has 15 heavy (non-hydrogen) atoms. The second-order valence-electron chi connectivity index (χ2n) is 3.92. The van der Waals surface area contributed by atoms with Crippen LogP contribution in [0.4, 0.5) is 0 Å². The summed E-state index contributed by atoms with van der Waals surface area (Å²) in [5.74, 6) is 0. The van der Waals surface area contributed by atoms with Crippen molar-refractivity contribution in [1.29, 1.82) is 0 Å². The van der Waals surface area contributed by atoms with Gasteiger partial charge < -0.3 is 5.32 Å². The topological polar surface area (TPSA) is 12.0 Å². The van der Waals surface area contributed by atoms with Crippen LogP contribution in [0.25, 0.3) is 0 Å². The number of thioether (sulfide) groups is 1. The first-order valence-corrected chi connectivity index (χ1v) is 6.50. The lowest BCUT2D eigenvalue weighted by Gasteiger charge is -2.15. The van der Waals surface area contributed by atoms with E-state index >= 15 is 0 Å². The van der Waals surface area contributed by atoms with Crippen molar-refractivity contribution in [3.8, 4) is 0 Å². The molecule has 1 rings (SSSR count). The summed E-state index contributed by atoms with van der Waals surface area (Å²) in [6.45, 7) is 7.54. The molecule has 0 amide bonds. The van der Waals surface area contributed by atoms with Gasteiger partial charge in [0.05, 0.1) is 5.02 Å². The van der Waals surface area contributed by atoms with Crippen LogP contribution >= 0.6 is 23.4 Å². The van der Waals surface area contributed by atoms with Crippen molar-refractivity contribution in [1.82, 2.24) is 5.32 Å². The SMILES string of the molecule is CC(C)NCC(C)Sc1ccccc1Cl. The van der Waals surface area contributed by atoms with Gasteiger partial charge >= 0.3 is 0 Å². The molecule has 0 aromatic heterocycles. The lowest BCUT2D eigenvalue weighted by Crippen LogP contribution is -2.28. The molecule has 84 valence electrons. The molecule has 1 N–H and O–H groups in total. The molecule has 1 nitrogen and oxygen atoms in total. The second-order valence-corrected chi connectivity index (χ2v) is 5.81. The maximum atomic E-state index is 6.09. The molecule has 0 saturated heterocycles. The molecule has 3 heteroatoms. The van der Waals surface area contributed by atoms with Gasteiger partial charge in [0.1, 0.15) is 0 Å². The van der Waals surface area contributed by atoms with E-state index in [9.17, 15) is 0 Å². The Kier molecular flexibility index (Phi) is 5.51. The lowest BCUT2D eigenvalue weighted by molar-refractivity contribution is 0.589. The fourth-order valence-corrected chi connectivity index (χ4v) is 2.42. The maximum Gasteiger partial charge on any atom is 0.0541 e. The Balaban J connectivity index is 2.44. The lowest BCUT2D eigenvalue weighted by atomic mass is 10.3. The van der Waals surface area contributed by atoms with Gasteiger partial charge in [-0.15, -0.1) is 11.8 Å². The molecule has 0 aliphatic heterocycles. The van der Waals surface area contributed by atoms with Crippen LogP contribution in [0.15, 0.2) is 29.2 Å². The van der Waals surface area contributed by atoms with Crippen LogP contribution in [0.2, 0.25) is 5.02 Å². The van der Waals surface area contributed by atoms with Crippen LogP contribution in [-0.2, 0) is 0 Å². The minimum atomic E-state index is 0.535. The van der Waals surface area contributed by atoms with Gasteiger partial charge in [0, 0.05) is 22.7 Å². The summed E-state index contributed by atoms with van der Waals surface area (Å²) in [5, 5.41) is 4.80. The van der Waals surface area contributed by atoms with Crippen molar-refractivity contribution in [3.05, 3.63) is 29.3 Å². The van der Waals surface area contributed by atoms with Gasteiger partial charge in [0.15, 0.2) is 0 Å². The zero-order valence-corrected chi connectivity index (χ0v) is 11.0. The highest BCUT2D eigenvalue weighted by Crippen LogP contribution is 2.29. The van der Waals surface area contributed by atoms with Crippen LogP contribution in [-0.4, -0.2) is 17.8 Å². The van der Waals surface area contributed by atoms with Crippen molar-refractivity contribution < 1.29 is 0 Å². The molecule has 1 aromatic carbocycles. The number of nitrogens with one attached hydrogen (secondary N) is 1. The van der Waals surface area contributed by atoms with E-state index in [-0.39, 0.29) is 0 Å². The van der Waals surface area contributed by atoms with Gasteiger partial charge in [-0.05, 0) is 12.1 Å². The molecular weight excluding hydrogens is 226 g/mol. The summed E-state index contributed by atoms with van der Waals surface area (Å²) < 4.78 is 0. The van der Waals surface area contributed by atoms with E-state index in [1.165, 1.54) is 0 Å². The third kappa shape index (κ3) is 4.92. The quantitative estimate of drug-likeness (QED) is 0.790. The molecule has 0 radical (unpaired) electrons. The number of rotatable bonds is 5. The van der Waals surface area contributed by atoms with E-state index in [1.807, 2.05) is 30.0 Å². The Bertz CT molecular complexity index is 301. The molecule has 0 bridgehead atoms. The Morgan fingerprint density at radius 3 is 2.53 bits per heavy atom. The average Bonchev–Trinajstić information content (AvgIpc) is 2.18. The average molecular weight is 244 g/mol. The van der Waals surface area contributed by atoms with Crippen LogP contribution in [0.3, 0.4) is 0 Å². The van der Waals surface area contributed by atoms with Crippen LogP contribution in [0.5, 0.6) is 0 Å². The molecule has 0 saturated carbocycles. The number of hydrogen-bond acceptors (Lipinski definition) is 2. The largest absolute Gasteiger partial charge is 0.313 e. The van der Waals surface area contributed by atoms with Gasteiger partial charge in [0.25, 0.3) is 0 Å². The molecular formula is C12H18ClNS. The Morgan fingerprint density at radius 2 is 1.93 bits per heavy atom. The van der Waals surface area contributed by atoms with E-state index in [0.29, 0.717) is 11.3 Å². The van der Waals surface area contributed by atoms with Gasteiger partial charge in [0.2, 0.25) is 0 Å². The number of benzene rings is 1. The van der Waals surface area contributed by atoms with Crippen molar-refractivity contribution in [3.63, 3.8) is 0 Å². The standard InChI is InChI=1S/C12H18ClNS/c1-9(2)14-8-10(3)15-12-7-5-4-6-11(12)13/h4-7,9-10,14H,8H2,1-3H3. The van der Waals surface area contributed by atoms with E-state index < -0.39 is 0 Å². The highest BCUT2D eigenvalue weighted by molar-refractivity contribution is 8.00. The maximum absolute atomic E-state index is 6.09. The van der Waals surface area contributed by atoms with Crippen molar-refractivity contribution in [2.24, 2.45) is 0 Å². The Labute approximate surface area is 102 Å². The molecule has 1 unspecified atom stereocenters. The van der Waals surface area contributed by atoms with Crippen LogP contribution < -0.4 is 5.32 Å². The van der Waals surface area contributed by atoms with E-state index in [0.717, 1.165) is 16.5 Å². The smallest absolute Gasteiger partial charge is 0.0541 e. The van der Waals surface area contributed by atoms with Crippen LogP contribution in [0.1, 0.15) is 20.8 Å². The van der Waals surface area contributed by atoms with E-state index in [4.69, 9.17) is 11.6 Å². The monoisotopic (exact) mass is 243 g/mol. The summed E-state index contributed by atoms with van der Waals surface area (Å²) >= 11 is 7.91. The summed E-state index contributed by atoms with van der Waals surface area (Å²) in [6, 6.07) is 8.53. The normalized spacial score (nSPS) is 13.1. The first-order chi connectivity index (χ1) is 7.09. The number of halogens is 1. The van der Waals surface area contributed by atoms with Gasteiger partial charge in [-0.1, -0.05) is 44.5 Å². The molecule has 1 aromatic rings. The molecule has 0 aliphatic rings. The van der Waals surface area contributed by atoms with Crippen LogP contribution in [0, 0.1) is 0 Å². The summed E-state index contributed by atoms with van der Waals surface area (Å²) in [7, 11) is 0. The third-order valence-electron chi connectivity index (χ3n) is 1.98. The molecule has 0 spiro atoms. The molecule has 0 heterocycles. The van der Waals surface area contributed by atoms with Gasteiger partial charge in [-0.2, -0.15) is 0 Å². The fourth-order valence-electron chi connectivity index (χ4n) is 1.20. The first kappa shape index (κ1) is 12.9. The van der Waals surface area contributed by atoms with Gasteiger partial charge in [-0.25, -0.2) is 0 Å². The first-order valence-electron chi connectivity index (χ1n) is 5.24. The van der Waals surface area contributed by atoms with E-state index in [1.54, 1.807) is 0 Å². The summed E-state index contributed by atoms with van der Waals surface area (Å²) in [5.41, 5.74) is 0. The van der Waals surface area contributed by atoms with Crippen molar-refractivity contribution >= 4 is 23.4 Å². The number of hydrogen-bond donors (Lipinski definition) is 1. The van der Waals surface area contributed by atoms with Crippen molar-refractivity contribution in [2.75, 3.05) is 6.54 Å². The Morgan fingerprint density at radius 1 is 1.27 bits per heavy atom. The minimum Gasteiger partial charge on any atom is -0.313 e. The predicted octanol–water partition coefficient (Wildman–Crippen LogP) is 3.82. The zero-order valence-electron chi connectivity index (χ0n) is 9.46. The van der Waals surface area contributed by atoms with Gasteiger partial charge in [-0.3, -0.25) is 0 Å². The third-order valence-corrected chi connectivity index (χ3v) is 3.60. The zero-order chi connectivity index (χ0) is 11.3. The summed E-state index contributed by atoms with van der Waals surface area (Å²) in [6.07, 6.45) is 0. The minimum absolute atomic E-state index is 0.535. The predicted molar refractivity (Wildman–Crippen MR) is 69.9 cm³/mol. The van der Waals surface area contributed by atoms with Crippen molar-refractivity contribution in [2.45, 2.75) is 37.0 Å². The Hall–Kier alpha value is -0.180.